The van der Waals surface area contributed by atoms with E-state index in [1.165, 1.54) is 10.8 Å². The number of ether oxygens (including phenoxy) is 1. The smallest absolute Gasteiger partial charge is 0.316 e. The lowest BCUT2D eigenvalue weighted by molar-refractivity contribution is 0.203. The van der Waals surface area contributed by atoms with E-state index in [0.717, 1.165) is 24.0 Å². The Morgan fingerprint density at radius 2 is 1.74 bits per heavy atom. The second-order valence-corrected chi connectivity index (χ2v) is 9.54. The predicted octanol–water partition coefficient (Wildman–Crippen LogP) is 7.58. The van der Waals surface area contributed by atoms with Gasteiger partial charge in [-0.2, -0.15) is 9.78 Å². The van der Waals surface area contributed by atoms with E-state index in [1.807, 2.05) is 32.9 Å². The molecule has 0 bridgehead atoms. The molecule has 1 fully saturated rings. The van der Waals surface area contributed by atoms with Crippen molar-refractivity contribution < 1.29 is 14.2 Å². The first kappa shape index (κ1) is 30.1. The van der Waals surface area contributed by atoms with Gasteiger partial charge in [-0.25, -0.2) is 4.39 Å². The van der Waals surface area contributed by atoms with Crippen molar-refractivity contribution in [3.05, 3.63) is 93.6 Å². The van der Waals surface area contributed by atoms with Gasteiger partial charge in [0, 0.05) is 24.7 Å². The predicted molar refractivity (Wildman–Crippen MR) is 158 cm³/mol. The molecule has 0 saturated carbocycles. The molecule has 3 aromatic rings. The average molecular weight is 554 g/mol. The lowest BCUT2D eigenvalue weighted by Gasteiger charge is -2.33. The summed E-state index contributed by atoms with van der Waals surface area (Å²) in [5.74, 6) is 0.765. The SMILES string of the molecule is CC.CC/C(F)=C\C=C(/C)c1ccc(Oc2c(N3CCC(CO)CC3)cnn(-c3ccc(Cl)cc3)c2=O)cc1. The van der Waals surface area contributed by atoms with Crippen LogP contribution in [-0.2, 0) is 0 Å². The molecule has 1 N–H and O–H groups in total. The van der Waals surface area contributed by atoms with Gasteiger partial charge in [0.1, 0.15) is 11.4 Å². The summed E-state index contributed by atoms with van der Waals surface area (Å²) in [6.07, 6.45) is 6.88. The number of rotatable bonds is 8. The number of aliphatic hydroxyl groups is 1. The zero-order valence-corrected chi connectivity index (χ0v) is 23.8. The summed E-state index contributed by atoms with van der Waals surface area (Å²) in [4.78, 5) is 15.7. The van der Waals surface area contributed by atoms with Gasteiger partial charge >= 0.3 is 5.56 Å². The summed E-state index contributed by atoms with van der Waals surface area (Å²) >= 11 is 6.02. The third-order valence-corrected chi connectivity index (χ3v) is 6.83. The Labute approximate surface area is 235 Å². The molecule has 1 aliphatic rings. The van der Waals surface area contributed by atoms with Gasteiger partial charge < -0.3 is 14.7 Å². The van der Waals surface area contributed by atoms with E-state index in [4.69, 9.17) is 16.3 Å². The van der Waals surface area contributed by atoms with Crippen LogP contribution in [0.1, 0.15) is 52.5 Å². The second-order valence-electron chi connectivity index (χ2n) is 9.11. The second kappa shape index (κ2) is 14.7. The summed E-state index contributed by atoms with van der Waals surface area (Å²) in [6.45, 7) is 9.23. The quantitative estimate of drug-likeness (QED) is 0.291. The first-order valence-electron chi connectivity index (χ1n) is 13.4. The minimum Gasteiger partial charge on any atom is -0.449 e. The zero-order chi connectivity index (χ0) is 28.4. The van der Waals surface area contributed by atoms with Crippen LogP contribution in [0.4, 0.5) is 10.1 Å². The van der Waals surface area contributed by atoms with E-state index in [1.54, 1.807) is 55.6 Å². The third-order valence-electron chi connectivity index (χ3n) is 6.58. The number of nitrogens with zero attached hydrogens (tertiary/aromatic N) is 3. The molecular formula is C31H37ClFN3O3. The number of allylic oxidation sites excluding steroid dienone is 4. The minimum absolute atomic E-state index is 0.161. The Morgan fingerprint density at radius 3 is 2.33 bits per heavy atom. The summed E-state index contributed by atoms with van der Waals surface area (Å²) in [6, 6.07) is 14.2. The number of anilines is 1. The Morgan fingerprint density at radius 1 is 1.10 bits per heavy atom. The fourth-order valence-electron chi connectivity index (χ4n) is 4.21. The molecule has 0 unspecified atom stereocenters. The van der Waals surface area contributed by atoms with E-state index in [9.17, 15) is 14.3 Å². The summed E-state index contributed by atoms with van der Waals surface area (Å²) in [5, 5.41) is 14.5. The number of hydrogen-bond acceptors (Lipinski definition) is 5. The maximum atomic E-state index is 13.6. The highest BCUT2D eigenvalue weighted by Crippen LogP contribution is 2.32. The van der Waals surface area contributed by atoms with Crippen LogP contribution in [0.5, 0.6) is 11.5 Å². The highest BCUT2D eigenvalue weighted by Gasteiger charge is 2.24. The average Bonchev–Trinajstić information content (AvgIpc) is 2.98. The molecular weight excluding hydrogens is 517 g/mol. The van der Waals surface area contributed by atoms with Crippen molar-refractivity contribution in [2.24, 2.45) is 5.92 Å². The van der Waals surface area contributed by atoms with Crippen molar-refractivity contribution in [3.63, 3.8) is 0 Å². The van der Waals surface area contributed by atoms with Crippen molar-refractivity contribution in [3.8, 4) is 17.2 Å². The van der Waals surface area contributed by atoms with Gasteiger partial charge in [-0.1, -0.05) is 50.6 Å². The van der Waals surface area contributed by atoms with E-state index in [0.29, 0.717) is 41.7 Å². The standard InChI is InChI=1S/C29H31ClFN3O3.C2H6/c1-3-24(31)9-4-20(2)22-5-12-26(13-6-22)37-28-27(33-16-14-21(19-35)15-17-33)18-32-34(29(28)36)25-10-7-23(30)8-11-25;1-2/h4-13,18,21,35H,3,14-17,19H2,1-2H3;1-2H3/b20-4+,24-9+;. The van der Waals surface area contributed by atoms with Crippen molar-refractivity contribution in [1.82, 2.24) is 9.78 Å². The van der Waals surface area contributed by atoms with Crippen molar-refractivity contribution in [1.29, 1.82) is 0 Å². The largest absolute Gasteiger partial charge is 0.449 e. The topological polar surface area (TPSA) is 67.6 Å². The molecule has 208 valence electrons. The third kappa shape index (κ3) is 7.80. The van der Waals surface area contributed by atoms with E-state index < -0.39 is 0 Å². The highest BCUT2D eigenvalue weighted by atomic mass is 35.5. The molecule has 0 radical (unpaired) electrons. The van der Waals surface area contributed by atoms with Gasteiger partial charge in [0.15, 0.2) is 0 Å². The summed E-state index contributed by atoms with van der Waals surface area (Å²) < 4.78 is 21.0. The first-order chi connectivity index (χ1) is 18.9. The van der Waals surface area contributed by atoms with Crippen molar-refractivity contribution >= 4 is 22.9 Å². The van der Waals surface area contributed by atoms with Crippen LogP contribution < -0.4 is 15.2 Å². The van der Waals surface area contributed by atoms with Gasteiger partial charge in [0.2, 0.25) is 5.75 Å². The molecule has 1 saturated heterocycles. The van der Waals surface area contributed by atoms with Crippen LogP contribution >= 0.6 is 11.6 Å². The van der Waals surface area contributed by atoms with E-state index in [-0.39, 0.29) is 29.7 Å². The van der Waals surface area contributed by atoms with E-state index >= 15 is 0 Å². The van der Waals surface area contributed by atoms with Gasteiger partial charge in [-0.05, 0) is 85.7 Å². The van der Waals surface area contributed by atoms with E-state index in [2.05, 4.69) is 10.00 Å². The Kier molecular flexibility index (Phi) is 11.3. The summed E-state index contributed by atoms with van der Waals surface area (Å²) in [7, 11) is 0. The van der Waals surface area contributed by atoms with Crippen molar-refractivity contribution in [2.75, 3.05) is 24.6 Å². The highest BCUT2D eigenvalue weighted by molar-refractivity contribution is 6.30. The number of benzene rings is 2. The number of aromatic nitrogens is 2. The Hall–Kier alpha value is -3.42. The molecule has 0 amide bonds. The zero-order valence-electron chi connectivity index (χ0n) is 23.0. The number of hydrogen-bond donors (Lipinski definition) is 1. The lowest BCUT2D eigenvalue weighted by atomic mass is 9.97. The maximum Gasteiger partial charge on any atom is 0.316 e. The molecule has 8 heteroatoms. The fourth-order valence-corrected chi connectivity index (χ4v) is 4.33. The number of aliphatic hydroxyl groups excluding tert-OH is 1. The van der Waals surface area contributed by atoms with Crippen LogP contribution in [0.25, 0.3) is 11.3 Å². The van der Waals surface area contributed by atoms with Gasteiger partial charge in [0.25, 0.3) is 0 Å². The molecule has 39 heavy (non-hydrogen) atoms. The minimum atomic E-state index is -0.385. The molecule has 0 aliphatic carbocycles. The van der Waals surface area contributed by atoms with Crippen LogP contribution in [0.15, 0.2) is 77.5 Å². The monoisotopic (exact) mass is 553 g/mol. The number of piperidine rings is 1. The van der Waals surface area contributed by atoms with Crippen LogP contribution in [-0.4, -0.2) is 34.6 Å². The van der Waals surface area contributed by atoms with Gasteiger partial charge in [-0.15, -0.1) is 0 Å². The fraction of sp³-hybridized carbons (Fsp3) is 0.355. The lowest BCUT2D eigenvalue weighted by Crippen LogP contribution is -2.36. The van der Waals surface area contributed by atoms with Crippen molar-refractivity contribution in [2.45, 2.75) is 47.0 Å². The summed E-state index contributed by atoms with van der Waals surface area (Å²) in [5.41, 5.74) is 2.65. The molecule has 0 atom stereocenters. The Balaban J connectivity index is 0.00000205. The molecule has 1 aromatic heterocycles. The van der Waals surface area contributed by atoms with Gasteiger partial charge in [-0.3, -0.25) is 4.79 Å². The molecule has 2 heterocycles. The normalized spacial score (nSPS) is 14.6. The molecule has 1 aliphatic heterocycles. The van der Waals surface area contributed by atoms with Crippen LogP contribution in [0.2, 0.25) is 5.02 Å². The Bertz CT molecular complexity index is 1330. The molecule has 4 rings (SSSR count). The number of halogens is 2. The molecule has 6 nitrogen and oxygen atoms in total. The first-order valence-corrected chi connectivity index (χ1v) is 13.8. The maximum absolute atomic E-state index is 13.6. The van der Waals surface area contributed by atoms with Gasteiger partial charge in [0.05, 0.1) is 17.7 Å². The van der Waals surface area contributed by atoms with Crippen LogP contribution in [0.3, 0.4) is 0 Å². The van der Waals surface area contributed by atoms with Crippen LogP contribution in [0, 0.1) is 5.92 Å². The molecule has 2 aromatic carbocycles. The molecule has 0 spiro atoms.